The molecule has 2 saturated heterocycles. The van der Waals surface area contributed by atoms with Crippen molar-refractivity contribution >= 4 is 22.3 Å². The molecule has 37 heavy (non-hydrogen) atoms. The number of H-pyrrole nitrogens is 1. The Balaban J connectivity index is 1.11. The predicted molar refractivity (Wildman–Crippen MR) is 148 cm³/mol. The molecule has 6 rings (SSSR count). The lowest BCUT2D eigenvalue weighted by molar-refractivity contribution is 0.128. The van der Waals surface area contributed by atoms with Crippen LogP contribution in [0.3, 0.4) is 0 Å². The number of fused-ring (bicyclic) bond motifs is 1. The van der Waals surface area contributed by atoms with E-state index in [1.54, 1.807) is 23.3 Å². The Bertz CT molecular complexity index is 1410. The van der Waals surface area contributed by atoms with Crippen molar-refractivity contribution in [3.8, 4) is 11.1 Å². The van der Waals surface area contributed by atoms with Crippen molar-refractivity contribution in [1.29, 1.82) is 0 Å². The summed E-state index contributed by atoms with van der Waals surface area (Å²) in [6, 6.07) is 11.2. The van der Waals surface area contributed by atoms with E-state index in [9.17, 15) is 4.79 Å². The largest absolute Gasteiger partial charge is 0.340 e. The number of aromatic amines is 1. The van der Waals surface area contributed by atoms with Crippen LogP contribution >= 0.6 is 0 Å². The van der Waals surface area contributed by atoms with Gasteiger partial charge in [0, 0.05) is 60.4 Å². The Morgan fingerprint density at radius 2 is 1.84 bits per heavy atom. The van der Waals surface area contributed by atoms with E-state index >= 15 is 0 Å². The molecule has 5 heterocycles. The second kappa shape index (κ2) is 10.5. The van der Waals surface area contributed by atoms with E-state index in [0.717, 1.165) is 41.2 Å². The maximum absolute atomic E-state index is 12.8. The first-order chi connectivity index (χ1) is 18.1. The number of rotatable bonds is 7. The SMILES string of the molecule is Cn1cc(-c2c[nH]c(=O)c3c(Nc4ccc(CCN5CCC(N6CCCC6)CC5)cc4)nccc23)cn1. The molecule has 8 nitrogen and oxygen atoms in total. The molecule has 0 saturated carbocycles. The molecule has 0 atom stereocenters. The number of nitrogens with one attached hydrogen (secondary N) is 2. The molecule has 0 unspecified atom stereocenters. The topological polar surface area (TPSA) is 82.1 Å². The summed E-state index contributed by atoms with van der Waals surface area (Å²) >= 11 is 0. The van der Waals surface area contributed by atoms with Crippen LogP contribution in [0.4, 0.5) is 11.5 Å². The normalized spacial score (nSPS) is 17.5. The van der Waals surface area contributed by atoms with E-state index in [-0.39, 0.29) is 5.56 Å². The number of benzene rings is 1. The highest BCUT2D eigenvalue weighted by atomic mass is 16.1. The number of hydrogen-bond donors (Lipinski definition) is 2. The van der Waals surface area contributed by atoms with E-state index in [2.05, 4.69) is 54.4 Å². The third-order valence-electron chi connectivity index (χ3n) is 7.98. The molecule has 2 aliphatic rings. The maximum atomic E-state index is 12.8. The first-order valence-corrected chi connectivity index (χ1v) is 13.5. The van der Waals surface area contributed by atoms with Gasteiger partial charge in [-0.2, -0.15) is 5.10 Å². The van der Waals surface area contributed by atoms with Gasteiger partial charge in [-0.25, -0.2) is 4.98 Å². The van der Waals surface area contributed by atoms with Gasteiger partial charge in [0.05, 0.1) is 11.6 Å². The second-order valence-electron chi connectivity index (χ2n) is 10.4. The van der Waals surface area contributed by atoms with Crippen LogP contribution in [0.5, 0.6) is 0 Å². The minimum absolute atomic E-state index is 0.164. The highest BCUT2D eigenvalue weighted by Gasteiger charge is 2.26. The molecule has 3 aromatic heterocycles. The van der Waals surface area contributed by atoms with Crippen molar-refractivity contribution in [2.24, 2.45) is 7.05 Å². The number of likely N-dealkylation sites (tertiary alicyclic amines) is 2. The minimum atomic E-state index is -0.164. The van der Waals surface area contributed by atoms with Crippen molar-refractivity contribution in [2.45, 2.75) is 38.1 Å². The van der Waals surface area contributed by atoms with Crippen molar-refractivity contribution < 1.29 is 0 Å². The van der Waals surface area contributed by atoms with E-state index < -0.39 is 0 Å². The number of hydrogen-bond acceptors (Lipinski definition) is 6. The Labute approximate surface area is 217 Å². The van der Waals surface area contributed by atoms with Crippen LogP contribution in [-0.2, 0) is 13.5 Å². The molecular formula is C29H35N7O. The maximum Gasteiger partial charge on any atom is 0.259 e. The summed E-state index contributed by atoms with van der Waals surface area (Å²) in [5.74, 6) is 0.554. The van der Waals surface area contributed by atoms with Crippen molar-refractivity contribution in [2.75, 3.05) is 38.0 Å². The van der Waals surface area contributed by atoms with E-state index in [4.69, 9.17) is 0 Å². The highest BCUT2D eigenvalue weighted by Crippen LogP contribution is 2.29. The van der Waals surface area contributed by atoms with E-state index in [1.807, 2.05) is 19.3 Å². The molecule has 0 bridgehead atoms. The number of piperidine rings is 1. The van der Waals surface area contributed by atoms with Gasteiger partial charge in [-0.1, -0.05) is 12.1 Å². The third kappa shape index (κ3) is 5.17. The molecule has 0 spiro atoms. The molecule has 2 N–H and O–H groups in total. The summed E-state index contributed by atoms with van der Waals surface area (Å²) in [6.07, 6.45) is 13.7. The molecule has 0 aliphatic carbocycles. The van der Waals surface area contributed by atoms with E-state index in [0.29, 0.717) is 11.2 Å². The number of aryl methyl sites for hydroxylation is 1. The minimum Gasteiger partial charge on any atom is -0.340 e. The summed E-state index contributed by atoms with van der Waals surface area (Å²) < 4.78 is 1.75. The second-order valence-corrected chi connectivity index (χ2v) is 10.4. The lowest BCUT2D eigenvalue weighted by Gasteiger charge is -2.36. The first kappa shape index (κ1) is 23.9. The van der Waals surface area contributed by atoms with Crippen LogP contribution in [0.1, 0.15) is 31.2 Å². The molecule has 1 aromatic carbocycles. The van der Waals surface area contributed by atoms with Crippen LogP contribution in [0.25, 0.3) is 21.9 Å². The number of pyridine rings is 2. The van der Waals surface area contributed by atoms with Gasteiger partial charge in [-0.05, 0) is 82.0 Å². The quantitative estimate of drug-likeness (QED) is 0.399. The van der Waals surface area contributed by atoms with E-state index in [1.165, 1.54) is 57.4 Å². The lowest BCUT2D eigenvalue weighted by atomic mass is 10.0. The Kier molecular flexibility index (Phi) is 6.76. The molecule has 4 aromatic rings. The van der Waals surface area contributed by atoms with Crippen LogP contribution in [0, 0.1) is 0 Å². The molecule has 0 radical (unpaired) electrons. The zero-order valence-corrected chi connectivity index (χ0v) is 21.5. The average molecular weight is 498 g/mol. The van der Waals surface area contributed by atoms with Crippen LogP contribution in [0.15, 0.2) is 59.9 Å². The summed E-state index contributed by atoms with van der Waals surface area (Å²) in [5, 5.41) is 9.04. The molecular weight excluding hydrogens is 462 g/mol. The summed E-state index contributed by atoms with van der Waals surface area (Å²) in [5.41, 5.74) is 3.96. The number of anilines is 2. The Morgan fingerprint density at radius 1 is 1.05 bits per heavy atom. The van der Waals surface area contributed by atoms with Gasteiger partial charge in [-0.15, -0.1) is 0 Å². The monoisotopic (exact) mass is 497 g/mol. The van der Waals surface area contributed by atoms with Crippen LogP contribution < -0.4 is 10.9 Å². The van der Waals surface area contributed by atoms with Crippen molar-refractivity contribution in [3.05, 3.63) is 71.0 Å². The molecule has 2 fully saturated rings. The highest BCUT2D eigenvalue weighted by molar-refractivity contribution is 6.01. The van der Waals surface area contributed by atoms with Gasteiger partial charge in [0.25, 0.3) is 5.56 Å². The Hall–Kier alpha value is -3.49. The summed E-state index contributed by atoms with van der Waals surface area (Å²) in [6.45, 7) is 6.14. The molecule has 2 aliphatic heterocycles. The van der Waals surface area contributed by atoms with Crippen LogP contribution in [-0.4, -0.2) is 68.3 Å². The van der Waals surface area contributed by atoms with Gasteiger partial charge in [0.2, 0.25) is 0 Å². The smallest absolute Gasteiger partial charge is 0.259 e. The van der Waals surface area contributed by atoms with Crippen molar-refractivity contribution in [3.63, 3.8) is 0 Å². The fourth-order valence-electron chi connectivity index (χ4n) is 5.89. The van der Waals surface area contributed by atoms with Gasteiger partial charge in [0.15, 0.2) is 0 Å². The van der Waals surface area contributed by atoms with Gasteiger partial charge in [-0.3, -0.25) is 9.48 Å². The molecule has 0 amide bonds. The Morgan fingerprint density at radius 3 is 2.57 bits per heavy atom. The zero-order valence-electron chi connectivity index (χ0n) is 21.5. The van der Waals surface area contributed by atoms with Crippen molar-refractivity contribution in [1.82, 2.24) is 29.5 Å². The predicted octanol–water partition coefficient (Wildman–Crippen LogP) is 4.17. The van der Waals surface area contributed by atoms with Crippen LogP contribution in [0.2, 0.25) is 0 Å². The number of nitrogens with zero attached hydrogens (tertiary/aromatic N) is 5. The number of aromatic nitrogens is 4. The molecule has 192 valence electrons. The average Bonchev–Trinajstić information content (AvgIpc) is 3.61. The third-order valence-corrected chi connectivity index (χ3v) is 7.98. The summed E-state index contributed by atoms with van der Waals surface area (Å²) in [7, 11) is 1.88. The summed E-state index contributed by atoms with van der Waals surface area (Å²) in [4.78, 5) is 25.5. The van der Waals surface area contributed by atoms with Gasteiger partial charge < -0.3 is 20.1 Å². The lowest BCUT2D eigenvalue weighted by Crippen LogP contribution is -2.44. The van der Waals surface area contributed by atoms with Gasteiger partial charge in [0.1, 0.15) is 5.82 Å². The van der Waals surface area contributed by atoms with Gasteiger partial charge >= 0.3 is 0 Å². The fraction of sp³-hybridized carbons (Fsp3) is 0.414. The first-order valence-electron chi connectivity index (χ1n) is 13.5. The molecule has 8 heteroatoms. The zero-order chi connectivity index (χ0) is 25.2. The fourth-order valence-corrected chi connectivity index (χ4v) is 5.89. The standard InChI is InChI=1S/C29H35N7O/c1-34-20-22(18-32-34)26-19-31-29(37)27-25(26)8-12-30-28(27)33-23-6-4-21(5-7-23)9-15-35-16-10-24(11-17-35)36-13-2-3-14-36/h4-8,12,18-20,24H,2-3,9-11,13-17H2,1H3,(H,30,33)(H,31,37).